The van der Waals surface area contributed by atoms with Crippen molar-refractivity contribution in [3.8, 4) is 0 Å². The lowest BCUT2D eigenvalue weighted by Crippen LogP contribution is -2.50. The average Bonchev–Trinajstić information content (AvgIpc) is 3.38. The Bertz CT molecular complexity index is 621. The molecule has 1 atom stereocenters. The van der Waals surface area contributed by atoms with Gasteiger partial charge in [-0.05, 0) is 37.7 Å². The van der Waals surface area contributed by atoms with E-state index in [0.717, 1.165) is 58.3 Å². The number of hydrogen-bond acceptors (Lipinski definition) is 2. The SMILES string of the molecule is O=C(NC1CCN(C(=O)C2CC2)CC1)N1CC[C@@H](c2ccccc2)C1. The molecule has 0 unspecified atom stereocenters. The summed E-state index contributed by atoms with van der Waals surface area (Å²) >= 11 is 0. The molecule has 1 aliphatic carbocycles. The van der Waals surface area contributed by atoms with E-state index in [-0.39, 0.29) is 12.1 Å². The van der Waals surface area contributed by atoms with E-state index in [0.29, 0.717) is 17.7 Å². The van der Waals surface area contributed by atoms with Crippen LogP contribution in [0.15, 0.2) is 30.3 Å². The van der Waals surface area contributed by atoms with Crippen molar-refractivity contribution in [1.82, 2.24) is 15.1 Å². The minimum atomic E-state index is 0.0606. The third-order valence-electron chi connectivity index (χ3n) is 5.81. The van der Waals surface area contributed by atoms with Crippen molar-refractivity contribution in [3.63, 3.8) is 0 Å². The smallest absolute Gasteiger partial charge is 0.317 e. The summed E-state index contributed by atoms with van der Waals surface area (Å²) in [5, 5.41) is 3.19. The summed E-state index contributed by atoms with van der Waals surface area (Å²) in [6.45, 7) is 3.19. The summed E-state index contributed by atoms with van der Waals surface area (Å²) in [7, 11) is 0. The molecule has 4 rings (SSSR count). The number of benzene rings is 1. The van der Waals surface area contributed by atoms with Crippen LogP contribution in [0, 0.1) is 5.92 Å². The second-order valence-corrected chi connectivity index (χ2v) is 7.67. The lowest BCUT2D eigenvalue weighted by molar-refractivity contribution is -0.133. The van der Waals surface area contributed by atoms with Gasteiger partial charge in [-0.15, -0.1) is 0 Å². The van der Waals surface area contributed by atoms with Crippen molar-refractivity contribution >= 4 is 11.9 Å². The molecule has 5 heteroatoms. The van der Waals surface area contributed by atoms with E-state index in [1.165, 1.54) is 5.56 Å². The van der Waals surface area contributed by atoms with Crippen molar-refractivity contribution < 1.29 is 9.59 Å². The van der Waals surface area contributed by atoms with Crippen LogP contribution in [0.5, 0.6) is 0 Å². The monoisotopic (exact) mass is 341 g/mol. The minimum Gasteiger partial charge on any atom is -0.342 e. The highest BCUT2D eigenvalue weighted by molar-refractivity contribution is 5.81. The Labute approximate surface area is 149 Å². The number of urea groups is 1. The van der Waals surface area contributed by atoms with Gasteiger partial charge in [0.25, 0.3) is 0 Å². The zero-order valence-electron chi connectivity index (χ0n) is 14.7. The van der Waals surface area contributed by atoms with Crippen LogP contribution >= 0.6 is 0 Å². The third-order valence-corrected chi connectivity index (χ3v) is 5.81. The lowest BCUT2D eigenvalue weighted by Gasteiger charge is -2.33. The molecule has 0 radical (unpaired) electrons. The van der Waals surface area contributed by atoms with Crippen molar-refractivity contribution in [2.24, 2.45) is 5.92 Å². The zero-order chi connectivity index (χ0) is 17.2. The molecule has 1 N–H and O–H groups in total. The van der Waals surface area contributed by atoms with Crippen molar-refractivity contribution in [1.29, 1.82) is 0 Å². The Kier molecular flexibility index (Phi) is 4.64. The topological polar surface area (TPSA) is 52.7 Å². The predicted octanol–water partition coefficient (Wildman–Crippen LogP) is 2.59. The molecule has 2 heterocycles. The first-order chi connectivity index (χ1) is 12.2. The number of piperidine rings is 1. The largest absolute Gasteiger partial charge is 0.342 e. The van der Waals surface area contributed by atoms with Gasteiger partial charge in [-0.1, -0.05) is 30.3 Å². The molecule has 1 saturated carbocycles. The van der Waals surface area contributed by atoms with Gasteiger partial charge in [-0.25, -0.2) is 4.79 Å². The molecule has 2 saturated heterocycles. The molecule has 3 fully saturated rings. The Morgan fingerprint density at radius 1 is 0.880 bits per heavy atom. The standard InChI is InChI=1S/C20H27N3O2/c24-19(16-6-7-16)22-12-9-18(10-13-22)21-20(25)23-11-8-17(14-23)15-4-2-1-3-5-15/h1-5,16-18H,6-14H2,(H,21,25)/t17-/m1/s1. The molecular weight excluding hydrogens is 314 g/mol. The molecule has 0 aromatic heterocycles. The number of nitrogens with one attached hydrogen (secondary N) is 1. The number of rotatable bonds is 3. The summed E-state index contributed by atoms with van der Waals surface area (Å²) in [4.78, 5) is 28.6. The zero-order valence-corrected chi connectivity index (χ0v) is 14.7. The Balaban J connectivity index is 1.24. The molecule has 1 aromatic carbocycles. The minimum absolute atomic E-state index is 0.0606. The fraction of sp³-hybridized carbons (Fsp3) is 0.600. The molecular formula is C20H27N3O2. The van der Waals surface area contributed by atoms with E-state index in [2.05, 4.69) is 29.6 Å². The second-order valence-electron chi connectivity index (χ2n) is 7.67. The number of carbonyl (C=O) groups excluding carboxylic acids is 2. The fourth-order valence-corrected chi connectivity index (χ4v) is 4.04. The molecule has 25 heavy (non-hydrogen) atoms. The van der Waals surface area contributed by atoms with Crippen molar-refractivity contribution in [3.05, 3.63) is 35.9 Å². The van der Waals surface area contributed by atoms with Gasteiger partial charge in [0.15, 0.2) is 0 Å². The average molecular weight is 341 g/mol. The number of amides is 3. The van der Waals surface area contributed by atoms with Crippen LogP contribution in [0.4, 0.5) is 4.79 Å². The van der Waals surface area contributed by atoms with E-state index >= 15 is 0 Å². The quantitative estimate of drug-likeness (QED) is 0.919. The fourth-order valence-electron chi connectivity index (χ4n) is 4.04. The highest BCUT2D eigenvalue weighted by Gasteiger charge is 2.35. The Hall–Kier alpha value is -2.04. The van der Waals surface area contributed by atoms with E-state index in [4.69, 9.17) is 0 Å². The molecule has 0 spiro atoms. The first-order valence-corrected chi connectivity index (χ1v) is 9.60. The Morgan fingerprint density at radius 3 is 2.24 bits per heavy atom. The van der Waals surface area contributed by atoms with Crippen LogP contribution in [0.1, 0.15) is 43.6 Å². The summed E-state index contributed by atoms with van der Waals surface area (Å²) in [5.74, 6) is 1.07. The summed E-state index contributed by atoms with van der Waals surface area (Å²) < 4.78 is 0. The van der Waals surface area contributed by atoms with Crippen LogP contribution < -0.4 is 5.32 Å². The maximum absolute atomic E-state index is 12.6. The van der Waals surface area contributed by atoms with Gasteiger partial charge in [-0.3, -0.25) is 4.79 Å². The van der Waals surface area contributed by atoms with Crippen LogP contribution in [-0.4, -0.2) is 54.0 Å². The molecule has 5 nitrogen and oxygen atoms in total. The van der Waals surface area contributed by atoms with Gasteiger partial charge in [0.2, 0.25) is 5.91 Å². The van der Waals surface area contributed by atoms with Crippen LogP contribution in [0.2, 0.25) is 0 Å². The molecule has 3 aliphatic rings. The van der Waals surface area contributed by atoms with E-state index in [1.807, 2.05) is 15.9 Å². The number of likely N-dealkylation sites (tertiary alicyclic amines) is 2. The van der Waals surface area contributed by atoms with E-state index in [1.54, 1.807) is 0 Å². The van der Waals surface area contributed by atoms with Crippen molar-refractivity contribution in [2.45, 2.75) is 44.1 Å². The molecule has 0 bridgehead atoms. The maximum Gasteiger partial charge on any atom is 0.317 e. The van der Waals surface area contributed by atoms with E-state index < -0.39 is 0 Å². The molecule has 3 amide bonds. The number of nitrogens with zero attached hydrogens (tertiary/aromatic N) is 2. The first-order valence-electron chi connectivity index (χ1n) is 9.60. The second kappa shape index (κ2) is 7.06. The highest BCUT2D eigenvalue weighted by Crippen LogP contribution is 2.32. The maximum atomic E-state index is 12.6. The van der Waals surface area contributed by atoms with Gasteiger partial charge in [0.1, 0.15) is 0 Å². The lowest BCUT2D eigenvalue weighted by atomic mass is 9.99. The van der Waals surface area contributed by atoms with Gasteiger partial charge in [0, 0.05) is 44.1 Å². The van der Waals surface area contributed by atoms with Gasteiger partial charge >= 0.3 is 6.03 Å². The predicted molar refractivity (Wildman–Crippen MR) is 96.2 cm³/mol. The number of carbonyl (C=O) groups is 2. The molecule has 2 aliphatic heterocycles. The van der Waals surface area contributed by atoms with Gasteiger partial charge < -0.3 is 15.1 Å². The molecule has 1 aromatic rings. The highest BCUT2D eigenvalue weighted by atomic mass is 16.2. The number of hydrogen-bond donors (Lipinski definition) is 1. The third kappa shape index (κ3) is 3.80. The van der Waals surface area contributed by atoms with Crippen molar-refractivity contribution in [2.75, 3.05) is 26.2 Å². The van der Waals surface area contributed by atoms with Gasteiger partial charge in [0.05, 0.1) is 0 Å². The van der Waals surface area contributed by atoms with Gasteiger partial charge in [-0.2, -0.15) is 0 Å². The first kappa shape index (κ1) is 16.4. The Morgan fingerprint density at radius 2 is 1.56 bits per heavy atom. The van der Waals surface area contributed by atoms with Crippen LogP contribution in [0.3, 0.4) is 0 Å². The van der Waals surface area contributed by atoms with E-state index in [9.17, 15) is 9.59 Å². The van der Waals surface area contributed by atoms with Crippen LogP contribution in [0.25, 0.3) is 0 Å². The summed E-state index contributed by atoms with van der Waals surface area (Å²) in [6, 6.07) is 10.7. The van der Waals surface area contributed by atoms with Crippen LogP contribution in [-0.2, 0) is 4.79 Å². The molecule has 134 valence electrons. The summed E-state index contributed by atoms with van der Waals surface area (Å²) in [5.41, 5.74) is 1.32. The summed E-state index contributed by atoms with van der Waals surface area (Å²) in [6.07, 6.45) is 4.91. The normalized spacial score (nSPS) is 24.4.